The number of aromatic nitrogens is 5. The van der Waals surface area contributed by atoms with Gasteiger partial charge in [-0.1, -0.05) is 59.2 Å². The lowest BCUT2D eigenvalue weighted by atomic mass is 9.98. The van der Waals surface area contributed by atoms with Crippen molar-refractivity contribution in [1.29, 1.82) is 0 Å². The molecule has 0 aliphatic carbocycles. The number of methoxy groups -OCH3 is 1. The van der Waals surface area contributed by atoms with Crippen molar-refractivity contribution in [3.8, 4) is 11.1 Å². The number of hydrogen-bond donors (Lipinski definition) is 0. The third kappa shape index (κ3) is 9.24. The fraction of sp³-hybridized carbons (Fsp3) is 0.643. The van der Waals surface area contributed by atoms with Gasteiger partial charge in [-0.2, -0.15) is 10.2 Å². The molecule has 5 rings (SSSR count). The summed E-state index contributed by atoms with van der Waals surface area (Å²) in [7, 11) is 1.44. The van der Waals surface area contributed by atoms with E-state index in [0.717, 1.165) is 76.1 Å². The molecule has 56 heavy (non-hydrogen) atoms. The van der Waals surface area contributed by atoms with Crippen molar-refractivity contribution < 1.29 is 27.9 Å². The van der Waals surface area contributed by atoms with Crippen molar-refractivity contribution >= 4 is 45.1 Å². The molecule has 0 N–H and O–H groups in total. The summed E-state index contributed by atoms with van der Waals surface area (Å²) in [6.45, 7) is 26.9. The lowest BCUT2D eigenvalue weighted by Gasteiger charge is -2.36. The van der Waals surface area contributed by atoms with Gasteiger partial charge in [0.25, 0.3) is 0 Å². The van der Waals surface area contributed by atoms with Crippen LogP contribution in [0.5, 0.6) is 0 Å². The van der Waals surface area contributed by atoms with Crippen LogP contribution in [0.4, 0.5) is 0 Å². The highest BCUT2D eigenvalue weighted by Crippen LogP contribution is 2.44. The molecule has 1 aromatic carbocycles. The summed E-state index contributed by atoms with van der Waals surface area (Å²) < 4.78 is 36.9. The molecule has 0 amide bonds. The molecular formula is C42H66ClN5O6Si2. The minimum absolute atomic E-state index is 0.113. The zero-order chi connectivity index (χ0) is 41.4. The van der Waals surface area contributed by atoms with Crippen LogP contribution in [0.25, 0.3) is 22.0 Å². The van der Waals surface area contributed by atoms with Crippen molar-refractivity contribution in [1.82, 2.24) is 24.1 Å². The second-order valence-corrected chi connectivity index (χ2v) is 28.4. The molecular weight excluding hydrogens is 762 g/mol. The fourth-order valence-electron chi connectivity index (χ4n) is 6.94. The van der Waals surface area contributed by atoms with Crippen molar-refractivity contribution in [2.24, 2.45) is 14.1 Å². The molecule has 0 bridgehead atoms. The molecule has 0 saturated carbocycles. The van der Waals surface area contributed by atoms with Crippen LogP contribution in [-0.2, 0) is 63.4 Å². The van der Waals surface area contributed by atoms with Crippen molar-refractivity contribution in [2.75, 3.05) is 20.3 Å². The average Bonchev–Trinajstić information content (AvgIpc) is 3.74. The zero-order valence-electron chi connectivity index (χ0n) is 36.4. The molecule has 1 saturated heterocycles. The summed E-state index contributed by atoms with van der Waals surface area (Å²) >= 11 is 7.21. The Kier molecular flexibility index (Phi) is 13.6. The van der Waals surface area contributed by atoms with E-state index in [9.17, 15) is 4.79 Å². The molecule has 1 aliphatic rings. The fourth-order valence-corrected chi connectivity index (χ4v) is 9.22. The van der Waals surface area contributed by atoms with Gasteiger partial charge in [-0.25, -0.2) is 9.48 Å². The quantitative estimate of drug-likeness (QED) is 0.0663. The Morgan fingerprint density at radius 2 is 1.62 bits per heavy atom. The third-order valence-corrected chi connectivity index (χ3v) is 21.8. The SMILES string of the molecule is COC(=O)c1c(CCCO[Si](C)(C)C(C)(C)C)c2ccc(Cl)c(-c3c(COCc4cc(CO[Si](C)(C)C(C)(C)C)n(C)n4)nn(C4CCCCO4)c3C)c2n1C. The predicted octanol–water partition coefficient (Wildman–Crippen LogP) is 10.4. The van der Waals surface area contributed by atoms with Gasteiger partial charge in [-0.05, 0) is 93.0 Å². The number of hydrogen-bond acceptors (Lipinski definition) is 8. The van der Waals surface area contributed by atoms with Gasteiger partial charge in [-0.3, -0.25) is 4.68 Å². The first-order valence-electron chi connectivity index (χ1n) is 20.0. The van der Waals surface area contributed by atoms with Gasteiger partial charge >= 0.3 is 5.97 Å². The number of carbonyl (C=O) groups excluding carboxylic acids is 1. The van der Waals surface area contributed by atoms with Crippen LogP contribution in [0.15, 0.2) is 18.2 Å². The lowest BCUT2D eigenvalue weighted by Crippen LogP contribution is -2.41. The van der Waals surface area contributed by atoms with Gasteiger partial charge in [0.1, 0.15) is 11.9 Å². The van der Waals surface area contributed by atoms with Crippen LogP contribution in [-0.4, -0.2) is 67.1 Å². The van der Waals surface area contributed by atoms with E-state index < -0.39 is 16.6 Å². The van der Waals surface area contributed by atoms with Crippen LogP contribution in [0.1, 0.15) is 112 Å². The Balaban J connectivity index is 1.50. The topological polar surface area (TPSA) is 104 Å². The Morgan fingerprint density at radius 1 is 0.946 bits per heavy atom. The normalized spacial score (nSPS) is 15.9. The highest BCUT2D eigenvalue weighted by atomic mass is 35.5. The molecule has 4 aromatic rings. The summed E-state index contributed by atoms with van der Waals surface area (Å²) in [4.78, 5) is 13.5. The van der Waals surface area contributed by atoms with Gasteiger partial charge in [-0.15, -0.1) is 0 Å². The summed E-state index contributed by atoms with van der Waals surface area (Å²) in [6.07, 6.45) is 4.18. The number of halogens is 1. The minimum atomic E-state index is -1.93. The maximum atomic E-state index is 13.5. The maximum absolute atomic E-state index is 13.5. The smallest absolute Gasteiger partial charge is 0.354 e. The number of nitrogens with zero attached hydrogens (tertiary/aromatic N) is 5. The molecule has 1 aliphatic heterocycles. The van der Waals surface area contributed by atoms with Gasteiger partial charge in [0.2, 0.25) is 0 Å². The number of aryl methyl sites for hydroxylation is 3. The molecule has 1 unspecified atom stereocenters. The highest BCUT2D eigenvalue weighted by molar-refractivity contribution is 6.74. The first-order chi connectivity index (χ1) is 26.1. The zero-order valence-corrected chi connectivity index (χ0v) is 39.2. The molecule has 0 radical (unpaired) electrons. The summed E-state index contributed by atoms with van der Waals surface area (Å²) in [6, 6.07) is 6.00. The van der Waals surface area contributed by atoms with Crippen molar-refractivity contribution in [3.63, 3.8) is 0 Å². The first-order valence-corrected chi connectivity index (χ1v) is 26.2. The molecule has 0 spiro atoms. The van der Waals surface area contributed by atoms with E-state index in [1.807, 2.05) is 40.2 Å². The van der Waals surface area contributed by atoms with E-state index in [4.69, 9.17) is 44.9 Å². The molecule has 14 heteroatoms. The van der Waals surface area contributed by atoms with Crippen molar-refractivity contribution in [3.05, 3.63) is 57.3 Å². The van der Waals surface area contributed by atoms with Crippen LogP contribution in [0, 0.1) is 6.92 Å². The predicted molar refractivity (Wildman–Crippen MR) is 229 cm³/mol. The molecule has 1 fully saturated rings. The second-order valence-electron chi connectivity index (χ2n) is 18.4. The van der Waals surface area contributed by atoms with Crippen LogP contribution in [0.2, 0.25) is 41.3 Å². The van der Waals surface area contributed by atoms with E-state index in [-0.39, 0.29) is 28.9 Å². The van der Waals surface area contributed by atoms with Gasteiger partial charge < -0.3 is 27.6 Å². The standard InChI is InChI=1S/C42H66ClN5O6Si2/c1-28-36(37-33(43)21-20-32-31(39(40(49)50-10)46(8)38(32)37)18-17-23-53-55(11,12)41(2,3)4)34(45-48(28)35-19-15-16-22-52-35)27-51-25-29-24-30(47(9)44-29)26-54-56(13,14)42(5,6)7/h20-21,24,35H,15-19,22-23,25-27H2,1-14H3. The molecule has 3 aromatic heterocycles. The highest BCUT2D eigenvalue weighted by Gasteiger charge is 2.38. The summed E-state index contributed by atoms with van der Waals surface area (Å²) in [5, 5.41) is 11.7. The number of benzene rings is 1. The minimum Gasteiger partial charge on any atom is -0.464 e. The number of rotatable bonds is 15. The number of fused-ring (bicyclic) bond motifs is 1. The van der Waals surface area contributed by atoms with Crippen LogP contribution in [0.3, 0.4) is 0 Å². The van der Waals surface area contributed by atoms with Gasteiger partial charge in [0, 0.05) is 49.5 Å². The van der Waals surface area contributed by atoms with Crippen LogP contribution >= 0.6 is 11.6 Å². The Hall–Kier alpha value is -2.79. The van der Waals surface area contributed by atoms with E-state index in [2.05, 4.69) is 80.7 Å². The van der Waals surface area contributed by atoms with E-state index >= 15 is 0 Å². The second kappa shape index (κ2) is 17.2. The van der Waals surface area contributed by atoms with Crippen molar-refractivity contribution in [2.45, 2.75) is 143 Å². The number of ether oxygens (including phenoxy) is 3. The third-order valence-electron chi connectivity index (χ3n) is 12.4. The van der Waals surface area contributed by atoms with E-state index in [1.54, 1.807) is 0 Å². The molecule has 1 atom stereocenters. The van der Waals surface area contributed by atoms with Crippen LogP contribution < -0.4 is 0 Å². The van der Waals surface area contributed by atoms with E-state index in [0.29, 0.717) is 43.6 Å². The molecule has 310 valence electrons. The summed E-state index contributed by atoms with van der Waals surface area (Å²) in [5.74, 6) is -0.387. The monoisotopic (exact) mass is 827 g/mol. The van der Waals surface area contributed by atoms with Gasteiger partial charge in [0.15, 0.2) is 16.6 Å². The largest absolute Gasteiger partial charge is 0.464 e. The van der Waals surface area contributed by atoms with Gasteiger partial charge in [0.05, 0.1) is 54.6 Å². The first kappa shape index (κ1) is 44.3. The Bertz CT molecular complexity index is 2010. The lowest BCUT2D eigenvalue weighted by molar-refractivity contribution is -0.0411. The Morgan fingerprint density at radius 3 is 2.25 bits per heavy atom. The number of carbonyl (C=O) groups is 1. The average molecular weight is 829 g/mol. The maximum Gasteiger partial charge on any atom is 0.354 e. The molecule has 4 heterocycles. The van der Waals surface area contributed by atoms with E-state index in [1.165, 1.54) is 7.11 Å². The molecule has 11 nitrogen and oxygen atoms in total. The Labute approximate surface area is 341 Å². The summed E-state index contributed by atoms with van der Waals surface area (Å²) in [5.41, 5.74) is 7.48. The number of esters is 1.